The maximum absolute atomic E-state index is 12.8. The minimum Gasteiger partial charge on any atom is -0.384 e. The summed E-state index contributed by atoms with van der Waals surface area (Å²) in [5, 5.41) is 0.676. The summed E-state index contributed by atoms with van der Waals surface area (Å²) in [5.41, 5.74) is 8.06. The third kappa shape index (κ3) is 2.91. The summed E-state index contributed by atoms with van der Waals surface area (Å²) in [6.07, 6.45) is 1.52. The molecular formula is C16H17ClN4O. The van der Waals surface area contributed by atoms with E-state index in [1.165, 1.54) is 6.20 Å². The van der Waals surface area contributed by atoms with Crippen LogP contribution in [0, 0.1) is 0 Å². The van der Waals surface area contributed by atoms with E-state index in [2.05, 4.69) is 9.88 Å². The van der Waals surface area contributed by atoms with E-state index in [4.69, 9.17) is 17.3 Å². The first-order valence-corrected chi connectivity index (χ1v) is 7.43. The zero-order valence-corrected chi connectivity index (χ0v) is 13.0. The van der Waals surface area contributed by atoms with Crippen molar-refractivity contribution in [2.24, 2.45) is 0 Å². The number of nitrogen functional groups attached to an aromatic ring is 1. The quantitative estimate of drug-likeness (QED) is 0.877. The fourth-order valence-electron chi connectivity index (χ4n) is 2.60. The molecule has 2 aromatic rings. The lowest BCUT2D eigenvalue weighted by atomic mass is 10.1. The monoisotopic (exact) mass is 316 g/mol. The van der Waals surface area contributed by atoms with Crippen LogP contribution in [0.25, 0.3) is 0 Å². The Balaban J connectivity index is 2.00. The van der Waals surface area contributed by atoms with Crippen LogP contribution in [-0.2, 0) is 6.54 Å². The molecule has 2 heterocycles. The van der Waals surface area contributed by atoms with E-state index >= 15 is 0 Å². The van der Waals surface area contributed by atoms with E-state index in [1.54, 1.807) is 17.0 Å². The molecule has 114 valence electrons. The van der Waals surface area contributed by atoms with Crippen LogP contribution in [0.4, 0.5) is 11.5 Å². The summed E-state index contributed by atoms with van der Waals surface area (Å²) in [6.45, 7) is 2.18. The minimum absolute atomic E-state index is 0.0774. The molecule has 1 aromatic carbocycles. The largest absolute Gasteiger partial charge is 0.384 e. The van der Waals surface area contributed by atoms with Gasteiger partial charge in [-0.05, 0) is 42.9 Å². The summed E-state index contributed by atoms with van der Waals surface area (Å²) in [7, 11) is 2.03. The predicted octanol–water partition coefficient (Wildman–Crippen LogP) is 2.41. The Kier molecular flexibility index (Phi) is 4.00. The third-order valence-corrected chi connectivity index (χ3v) is 3.99. The number of carbonyl (C=O) groups excluding carboxylic acids is 1. The van der Waals surface area contributed by atoms with E-state index in [0.29, 0.717) is 22.9 Å². The number of benzene rings is 1. The second-order valence-corrected chi connectivity index (χ2v) is 5.88. The second kappa shape index (κ2) is 5.94. The van der Waals surface area contributed by atoms with Crippen molar-refractivity contribution in [3.63, 3.8) is 0 Å². The van der Waals surface area contributed by atoms with Gasteiger partial charge in [-0.1, -0.05) is 11.6 Å². The summed E-state index contributed by atoms with van der Waals surface area (Å²) < 4.78 is 0. The number of carbonyl (C=O) groups is 1. The lowest BCUT2D eigenvalue weighted by Crippen LogP contribution is -2.35. The number of nitrogens with two attached hydrogens (primary N) is 1. The lowest BCUT2D eigenvalue weighted by Gasteiger charge is -2.22. The first kappa shape index (κ1) is 14.8. The zero-order valence-electron chi connectivity index (χ0n) is 12.3. The SMILES string of the molecule is CN1CCN(C(=O)c2ccc(N)nc2)c2ccc(Cl)cc2C1. The molecule has 0 bridgehead atoms. The molecule has 1 aliphatic rings. The molecule has 1 amide bonds. The molecule has 0 radical (unpaired) electrons. The highest BCUT2D eigenvalue weighted by Crippen LogP contribution is 2.28. The maximum atomic E-state index is 12.8. The van der Waals surface area contributed by atoms with Gasteiger partial charge in [0.25, 0.3) is 5.91 Å². The average molecular weight is 317 g/mol. The number of aromatic nitrogens is 1. The van der Waals surface area contributed by atoms with Gasteiger partial charge in [0.05, 0.1) is 5.56 Å². The van der Waals surface area contributed by atoms with E-state index in [9.17, 15) is 4.79 Å². The maximum Gasteiger partial charge on any atom is 0.259 e. The molecule has 1 aliphatic heterocycles. The van der Waals surface area contributed by atoms with Crippen molar-refractivity contribution in [2.75, 3.05) is 30.8 Å². The lowest BCUT2D eigenvalue weighted by molar-refractivity contribution is 0.0985. The number of likely N-dealkylation sites (N-methyl/N-ethyl adjacent to an activating group) is 1. The van der Waals surface area contributed by atoms with Crippen LogP contribution in [-0.4, -0.2) is 35.9 Å². The molecule has 0 atom stereocenters. The number of hydrogen-bond donors (Lipinski definition) is 1. The average Bonchev–Trinajstić information content (AvgIpc) is 2.65. The molecule has 6 heteroatoms. The van der Waals surface area contributed by atoms with Gasteiger partial charge in [-0.15, -0.1) is 0 Å². The number of amides is 1. The van der Waals surface area contributed by atoms with Crippen molar-refractivity contribution in [1.29, 1.82) is 0 Å². The van der Waals surface area contributed by atoms with Crippen LogP contribution in [0.3, 0.4) is 0 Å². The van der Waals surface area contributed by atoms with Crippen molar-refractivity contribution in [3.05, 3.63) is 52.7 Å². The number of hydrogen-bond acceptors (Lipinski definition) is 4. The molecule has 0 unspecified atom stereocenters. The van der Waals surface area contributed by atoms with Crippen LogP contribution in [0.2, 0.25) is 5.02 Å². The van der Waals surface area contributed by atoms with E-state index in [0.717, 1.165) is 24.3 Å². The van der Waals surface area contributed by atoms with Gasteiger partial charge in [0, 0.05) is 36.5 Å². The third-order valence-electron chi connectivity index (χ3n) is 3.76. The summed E-state index contributed by atoms with van der Waals surface area (Å²) in [4.78, 5) is 20.8. The van der Waals surface area contributed by atoms with Gasteiger partial charge in [-0.3, -0.25) is 4.79 Å². The van der Waals surface area contributed by atoms with Crippen molar-refractivity contribution in [2.45, 2.75) is 6.54 Å². The predicted molar refractivity (Wildman–Crippen MR) is 88.1 cm³/mol. The van der Waals surface area contributed by atoms with Gasteiger partial charge >= 0.3 is 0 Å². The smallest absolute Gasteiger partial charge is 0.259 e. The van der Waals surface area contributed by atoms with Crippen LogP contribution in [0.1, 0.15) is 15.9 Å². The highest BCUT2D eigenvalue weighted by atomic mass is 35.5. The highest BCUT2D eigenvalue weighted by Gasteiger charge is 2.24. The van der Waals surface area contributed by atoms with E-state index in [-0.39, 0.29) is 5.91 Å². The number of pyridine rings is 1. The van der Waals surface area contributed by atoms with Gasteiger partial charge in [0.15, 0.2) is 0 Å². The molecule has 1 aromatic heterocycles. The van der Waals surface area contributed by atoms with Crippen molar-refractivity contribution in [1.82, 2.24) is 9.88 Å². The van der Waals surface area contributed by atoms with Gasteiger partial charge in [0.1, 0.15) is 5.82 Å². The summed E-state index contributed by atoms with van der Waals surface area (Å²) in [5.74, 6) is 0.325. The Labute approximate surface area is 134 Å². The molecule has 5 nitrogen and oxygen atoms in total. The molecule has 2 N–H and O–H groups in total. The molecule has 0 saturated carbocycles. The van der Waals surface area contributed by atoms with E-state index < -0.39 is 0 Å². The van der Waals surface area contributed by atoms with Crippen molar-refractivity contribution >= 4 is 29.0 Å². The van der Waals surface area contributed by atoms with Gasteiger partial charge in [-0.25, -0.2) is 4.98 Å². The molecule has 0 saturated heterocycles. The first-order chi connectivity index (χ1) is 10.5. The minimum atomic E-state index is -0.0774. The molecule has 0 spiro atoms. The van der Waals surface area contributed by atoms with Gasteiger partial charge in [-0.2, -0.15) is 0 Å². The topological polar surface area (TPSA) is 62.5 Å². The van der Waals surface area contributed by atoms with E-state index in [1.807, 2.05) is 25.2 Å². The first-order valence-electron chi connectivity index (χ1n) is 7.05. The Morgan fingerprint density at radius 3 is 2.82 bits per heavy atom. The standard InChI is InChI=1S/C16H17ClN4O/c1-20-6-7-21(14-4-3-13(17)8-12(14)10-20)16(22)11-2-5-15(18)19-9-11/h2-5,8-9H,6-7,10H2,1H3,(H2,18,19). The summed E-state index contributed by atoms with van der Waals surface area (Å²) >= 11 is 6.09. The van der Waals surface area contributed by atoms with Crippen LogP contribution >= 0.6 is 11.6 Å². The summed E-state index contributed by atoms with van der Waals surface area (Å²) in [6, 6.07) is 8.97. The Morgan fingerprint density at radius 1 is 1.27 bits per heavy atom. The van der Waals surface area contributed by atoms with Crippen LogP contribution in [0.5, 0.6) is 0 Å². The molecule has 3 rings (SSSR count). The number of fused-ring (bicyclic) bond motifs is 1. The van der Waals surface area contributed by atoms with Crippen LogP contribution in [0.15, 0.2) is 36.5 Å². The highest BCUT2D eigenvalue weighted by molar-refractivity contribution is 6.30. The van der Waals surface area contributed by atoms with Crippen molar-refractivity contribution in [3.8, 4) is 0 Å². The number of halogens is 1. The number of nitrogens with zero attached hydrogens (tertiary/aromatic N) is 3. The number of anilines is 2. The number of rotatable bonds is 1. The molecule has 0 fully saturated rings. The van der Waals surface area contributed by atoms with Gasteiger partial charge < -0.3 is 15.5 Å². The fourth-order valence-corrected chi connectivity index (χ4v) is 2.80. The molecular weight excluding hydrogens is 300 g/mol. The molecule has 22 heavy (non-hydrogen) atoms. The Morgan fingerprint density at radius 2 is 2.09 bits per heavy atom. The van der Waals surface area contributed by atoms with Crippen LogP contribution < -0.4 is 10.6 Å². The Hall–Kier alpha value is -2.11. The zero-order chi connectivity index (χ0) is 15.7. The van der Waals surface area contributed by atoms with Gasteiger partial charge in [0.2, 0.25) is 0 Å². The Bertz CT molecular complexity index is 702. The van der Waals surface area contributed by atoms with Crippen molar-refractivity contribution < 1.29 is 4.79 Å². The normalized spacial score (nSPS) is 15.3. The molecule has 0 aliphatic carbocycles. The fraction of sp³-hybridized carbons (Fsp3) is 0.250. The second-order valence-electron chi connectivity index (χ2n) is 5.44.